The minimum atomic E-state index is -4.19. The van der Waals surface area contributed by atoms with Gasteiger partial charge in [-0.05, 0) is 12.6 Å². The number of likely N-dealkylation sites (N-methyl/N-ethyl adjacent to an activating group) is 1. The van der Waals surface area contributed by atoms with E-state index in [1.165, 1.54) is 11.9 Å². The Labute approximate surface area is 180 Å². The third-order valence-corrected chi connectivity index (χ3v) is 3.90. The minimum absolute atomic E-state index is 0. The molecule has 0 fully saturated rings. The van der Waals surface area contributed by atoms with Gasteiger partial charge in [0.2, 0.25) is 0 Å². The van der Waals surface area contributed by atoms with Crippen molar-refractivity contribution in [2.75, 3.05) is 40.8 Å². The minimum Gasteiger partial charge on any atom is -0.355 e. The van der Waals surface area contributed by atoms with Crippen molar-refractivity contribution in [1.29, 1.82) is 0 Å². The fraction of sp³-hybridized carbons (Fsp3) is 0.444. The summed E-state index contributed by atoms with van der Waals surface area (Å²) in [5, 5.41) is 3.07. The van der Waals surface area contributed by atoms with Crippen molar-refractivity contribution in [3.63, 3.8) is 0 Å². The van der Waals surface area contributed by atoms with E-state index in [4.69, 9.17) is 0 Å². The Balaban J connectivity index is 0.00000392. The molecule has 0 unspecified atom stereocenters. The molecule has 0 amide bonds. The molecule has 0 aliphatic carbocycles. The zero-order valence-electron chi connectivity index (χ0n) is 16.1. The summed E-state index contributed by atoms with van der Waals surface area (Å²) in [4.78, 5) is 14.9. The summed E-state index contributed by atoms with van der Waals surface area (Å²) in [6, 6.07) is 9.88. The smallest absolute Gasteiger partial charge is 0.355 e. The largest absolute Gasteiger partial charge is 0.401 e. The number of hydrogen-bond donors (Lipinski definition) is 2. The molecule has 0 saturated heterocycles. The predicted molar refractivity (Wildman–Crippen MR) is 116 cm³/mol. The van der Waals surface area contributed by atoms with Gasteiger partial charge in [0.15, 0.2) is 5.96 Å². The Morgan fingerprint density at radius 1 is 1.21 bits per heavy atom. The van der Waals surface area contributed by atoms with Gasteiger partial charge in [0.05, 0.1) is 25.0 Å². The number of alkyl halides is 3. The quantitative estimate of drug-likeness (QED) is 0.342. The number of H-pyrrole nitrogens is 1. The second-order valence-electron chi connectivity index (χ2n) is 6.29. The van der Waals surface area contributed by atoms with Gasteiger partial charge in [-0.3, -0.25) is 9.89 Å². The van der Waals surface area contributed by atoms with Crippen LogP contribution < -0.4 is 5.32 Å². The summed E-state index contributed by atoms with van der Waals surface area (Å²) in [7, 11) is 4.92. The first-order chi connectivity index (χ1) is 12.8. The molecule has 0 saturated carbocycles. The van der Waals surface area contributed by atoms with Gasteiger partial charge in [-0.2, -0.15) is 13.2 Å². The third-order valence-electron chi connectivity index (χ3n) is 3.90. The van der Waals surface area contributed by atoms with E-state index in [1.54, 1.807) is 13.2 Å². The van der Waals surface area contributed by atoms with E-state index in [-0.39, 0.29) is 30.5 Å². The van der Waals surface area contributed by atoms with Crippen LogP contribution in [-0.2, 0) is 6.54 Å². The number of halogens is 4. The van der Waals surface area contributed by atoms with Crippen LogP contribution in [-0.4, -0.2) is 72.7 Å². The van der Waals surface area contributed by atoms with Gasteiger partial charge >= 0.3 is 6.18 Å². The van der Waals surface area contributed by atoms with E-state index >= 15 is 0 Å². The highest BCUT2D eigenvalue weighted by Crippen LogP contribution is 2.16. The molecule has 1 heterocycles. The van der Waals surface area contributed by atoms with Crippen molar-refractivity contribution >= 4 is 29.9 Å². The first-order valence-corrected chi connectivity index (χ1v) is 8.55. The van der Waals surface area contributed by atoms with Crippen molar-refractivity contribution in [3.05, 3.63) is 42.4 Å². The van der Waals surface area contributed by atoms with E-state index in [0.717, 1.165) is 17.1 Å². The Morgan fingerprint density at radius 3 is 2.50 bits per heavy atom. The highest BCUT2D eigenvalue weighted by molar-refractivity contribution is 14.0. The predicted octanol–water partition coefficient (Wildman–Crippen LogP) is 3.20. The maximum atomic E-state index is 12.3. The molecule has 2 aromatic rings. The molecule has 28 heavy (non-hydrogen) atoms. The lowest BCUT2D eigenvalue weighted by Crippen LogP contribution is -2.43. The lowest BCUT2D eigenvalue weighted by atomic mass is 10.2. The Morgan fingerprint density at radius 2 is 1.89 bits per heavy atom. The van der Waals surface area contributed by atoms with Crippen LogP contribution in [0, 0.1) is 0 Å². The summed E-state index contributed by atoms with van der Waals surface area (Å²) in [5.41, 5.74) is 1.98. The van der Waals surface area contributed by atoms with Crippen molar-refractivity contribution in [1.82, 2.24) is 25.1 Å². The Hall–Kier alpha value is -1.82. The van der Waals surface area contributed by atoms with Crippen molar-refractivity contribution in [3.8, 4) is 11.3 Å². The lowest BCUT2D eigenvalue weighted by Gasteiger charge is -2.23. The zero-order chi connectivity index (χ0) is 19.9. The normalized spacial score (nSPS) is 12.0. The molecule has 0 atom stereocenters. The maximum Gasteiger partial charge on any atom is 0.401 e. The SMILES string of the molecule is CN=C(NCCN(C)CC(F)(F)F)N(C)Cc1ncc(-c2ccccc2)[nH]1.I. The number of rotatable bonds is 7. The van der Waals surface area contributed by atoms with Gasteiger partial charge in [0.1, 0.15) is 5.82 Å². The van der Waals surface area contributed by atoms with E-state index in [2.05, 4.69) is 20.3 Å². The second-order valence-corrected chi connectivity index (χ2v) is 6.29. The molecule has 10 heteroatoms. The molecular formula is C18H26F3IN6. The number of imidazole rings is 1. The molecule has 2 rings (SSSR count). The van der Waals surface area contributed by atoms with Crippen LogP contribution in [0.2, 0.25) is 0 Å². The Kier molecular flexibility index (Phi) is 9.73. The first kappa shape index (κ1) is 24.2. The first-order valence-electron chi connectivity index (χ1n) is 8.55. The molecule has 0 spiro atoms. The van der Waals surface area contributed by atoms with Crippen LogP contribution in [0.5, 0.6) is 0 Å². The fourth-order valence-corrected chi connectivity index (χ4v) is 2.64. The molecule has 0 aliphatic heterocycles. The van der Waals surface area contributed by atoms with Crippen molar-refractivity contribution < 1.29 is 13.2 Å². The number of nitrogens with zero attached hydrogens (tertiary/aromatic N) is 4. The van der Waals surface area contributed by atoms with Crippen molar-refractivity contribution in [2.24, 2.45) is 4.99 Å². The summed E-state index contributed by atoms with van der Waals surface area (Å²) < 4.78 is 37.0. The highest BCUT2D eigenvalue weighted by Gasteiger charge is 2.28. The maximum absolute atomic E-state index is 12.3. The van der Waals surface area contributed by atoms with Crippen LogP contribution >= 0.6 is 24.0 Å². The number of hydrogen-bond acceptors (Lipinski definition) is 3. The highest BCUT2D eigenvalue weighted by atomic mass is 127. The molecule has 0 aliphatic rings. The van der Waals surface area contributed by atoms with Crippen LogP contribution in [0.3, 0.4) is 0 Å². The molecule has 0 bridgehead atoms. The van der Waals surface area contributed by atoms with Gasteiger partial charge in [-0.25, -0.2) is 4.98 Å². The molecule has 2 N–H and O–H groups in total. The summed E-state index contributed by atoms with van der Waals surface area (Å²) >= 11 is 0. The van der Waals surface area contributed by atoms with Gasteiger partial charge in [-0.15, -0.1) is 24.0 Å². The number of benzene rings is 1. The standard InChI is InChI=1S/C18H25F3N6.HI/c1-22-17(23-9-10-26(2)13-18(19,20)21)27(3)12-16-24-11-15(25-16)14-7-5-4-6-8-14;/h4-8,11H,9-10,12-13H2,1-3H3,(H,22,23)(H,24,25);1H. The molecule has 156 valence electrons. The average molecular weight is 510 g/mol. The molecule has 1 aromatic carbocycles. The van der Waals surface area contributed by atoms with Gasteiger partial charge in [0, 0.05) is 27.2 Å². The molecule has 6 nitrogen and oxygen atoms in total. The van der Waals surface area contributed by atoms with Crippen LogP contribution in [0.4, 0.5) is 13.2 Å². The van der Waals surface area contributed by atoms with Crippen molar-refractivity contribution in [2.45, 2.75) is 12.7 Å². The topological polar surface area (TPSA) is 59.6 Å². The number of guanidine groups is 1. The van der Waals surface area contributed by atoms with E-state index in [1.807, 2.05) is 42.3 Å². The van der Waals surface area contributed by atoms with Gasteiger partial charge < -0.3 is 15.2 Å². The number of aliphatic imine (C=N–C) groups is 1. The van der Waals surface area contributed by atoms with Gasteiger partial charge in [0.25, 0.3) is 0 Å². The third kappa shape index (κ3) is 8.05. The summed E-state index contributed by atoms with van der Waals surface area (Å²) in [6.45, 7) is 0.172. The average Bonchev–Trinajstić information content (AvgIpc) is 3.06. The molecule has 1 aromatic heterocycles. The van der Waals surface area contributed by atoms with Crippen LogP contribution in [0.25, 0.3) is 11.3 Å². The molecular weight excluding hydrogens is 484 g/mol. The van der Waals surface area contributed by atoms with Crippen LogP contribution in [0.1, 0.15) is 5.82 Å². The monoisotopic (exact) mass is 510 g/mol. The summed E-state index contributed by atoms with van der Waals surface area (Å²) in [5.74, 6) is 1.36. The van der Waals surface area contributed by atoms with E-state index < -0.39 is 12.7 Å². The van der Waals surface area contributed by atoms with E-state index in [9.17, 15) is 13.2 Å². The Bertz CT molecular complexity index is 732. The van der Waals surface area contributed by atoms with E-state index in [0.29, 0.717) is 19.0 Å². The molecule has 0 radical (unpaired) electrons. The fourth-order valence-electron chi connectivity index (χ4n) is 2.64. The number of aromatic amines is 1. The van der Waals surface area contributed by atoms with Gasteiger partial charge in [-0.1, -0.05) is 30.3 Å². The lowest BCUT2D eigenvalue weighted by molar-refractivity contribution is -0.142. The zero-order valence-corrected chi connectivity index (χ0v) is 18.5. The second kappa shape index (κ2) is 11.2. The van der Waals surface area contributed by atoms with Crippen LogP contribution in [0.15, 0.2) is 41.5 Å². The number of nitrogens with one attached hydrogen (secondary N) is 2. The summed E-state index contributed by atoms with van der Waals surface area (Å²) in [6.07, 6.45) is -2.41. The number of aromatic nitrogens is 2.